The van der Waals surface area contributed by atoms with E-state index in [0.717, 1.165) is 88.7 Å². The minimum absolute atomic E-state index is 0.0654. The predicted octanol–water partition coefficient (Wildman–Crippen LogP) is 4.34. The third-order valence-corrected chi connectivity index (χ3v) is 8.45. The first-order chi connectivity index (χ1) is 19.1. The van der Waals surface area contributed by atoms with E-state index in [1.165, 1.54) is 19.3 Å². The van der Waals surface area contributed by atoms with E-state index in [4.69, 9.17) is 4.74 Å². The number of hydrogen-bond acceptors (Lipinski definition) is 6. The molecule has 1 aromatic heterocycles. The van der Waals surface area contributed by atoms with Gasteiger partial charge in [0.15, 0.2) is 0 Å². The summed E-state index contributed by atoms with van der Waals surface area (Å²) < 4.78 is 5.66. The van der Waals surface area contributed by atoms with Crippen molar-refractivity contribution in [3.05, 3.63) is 53.7 Å². The molecule has 39 heavy (non-hydrogen) atoms. The Labute approximate surface area is 232 Å². The molecule has 8 heteroatoms. The van der Waals surface area contributed by atoms with Crippen LogP contribution in [0.2, 0.25) is 0 Å². The lowest BCUT2D eigenvalue weighted by molar-refractivity contribution is -0.116. The third-order valence-electron chi connectivity index (χ3n) is 8.45. The van der Waals surface area contributed by atoms with Crippen molar-refractivity contribution in [1.82, 2.24) is 14.8 Å². The second-order valence-corrected chi connectivity index (χ2v) is 11.1. The Hall–Kier alpha value is -2.97. The molecule has 1 aromatic carbocycles. The number of aromatic nitrogens is 1. The molecule has 3 aliphatic rings. The summed E-state index contributed by atoms with van der Waals surface area (Å²) in [5, 5.41) is 0. The van der Waals surface area contributed by atoms with E-state index in [2.05, 4.69) is 20.9 Å². The minimum atomic E-state index is 0.0654. The maximum absolute atomic E-state index is 13.7. The van der Waals surface area contributed by atoms with Gasteiger partial charge in [-0.2, -0.15) is 0 Å². The van der Waals surface area contributed by atoms with Gasteiger partial charge in [-0.3, -0.25) is 14.5 Å². The van der Waals surface area contributed by atoms with E-state index < -0.39 is 0 Å². The highest BCUT2D eigenvalue weighted by molar-refractivity contribution is 5.97. The van der Waals surface area contributed by atoms with Gasteiger partial charge in [0.25, 0.3) is 5.91 Å². The van der Waals surface area contributed by atoms with Crippen molar-refractivity contribution in [2.45, 2.75) is 64.5 Å². The Bertz CT molecular complexity index is 1100. The Morgan fingerprint density at radius 2 is 1.62 bits per heavy atom. The Balaban J connectivity index is 1.38. The fourth-order valence-electron chi connectivity index (χ4n) is 6.19. The largest absolute Gasteiger partial charge is 0.381 e. The number of ether oxygens (including phenoxy) is 1. The molecule has 0 atom stereocenters. The lowest BCUT2D eigenvalue weighted by Gasteiger charge is -2.37. The van der Waals surface area contributed by atoms with Gasteiger partial charge in [0.1, 0.15) is 5.82 Å². The molecule has 0 aliphatic carbocycles. The topological polar surface area (TPSA) is 69.2 Å². The van der Waals surface area contributed by atoms with Crippen molar-refractivity contribution in [3.8, 4) is 0 Å². The predicted molar refractivity (Wildman–Crippen MR) is 154 cm³/mol. The molecule has 2 amide bonds. The van der Waals surface area contributed by atoms with E-state index in [-0.39, 0.29) is 11.8 Å². The summed E-state index contributed by atoms with van der Waals surface area (Å²) in [5.41, 5.74) is 2.74. The zero-order chi connectivity index (χ0) is 27.0. The van der Waals surface area contributed by atoms with Gasteiger partial charge < -0.3 is 19.4 Å². The fraction of sp³-hybridized carbons (Fsp3) is 0.581. The Morgan fingerprint density at radius 3 is 2.33 bits per heavy atom. The molecule has 2 saturated heterocycles. The highest BCUT2D eigenvalue weighted by atomic mass is 16.5. The third kappa shape index (κ3) is 6.97. The fourth-order valence-corrected chi connectivity index (χ4v) is 6.19. The van der Waals surface area contributed by atoms with Gasteiger partial charge in [-0.1, -0.05) is 25.3 Å². The number of nitrogens with zero attached hydrogens (tertiary/aromatic N) is 5. The van der Waals surface area contributed by atoms with Gasteiger partial charge in [-0.05, 0) is 68.1 Å². The SMILES string of the molecule is CC(=O)N1CCCCCCCN(C2CCOCC2)Cc2cc(C(=O)N3CCN(c4ccccn4)CC3)ccc21. The van der Waals surface area contributed by atoms with Crippen LogP contribution in [0.4, 0.5) is 11.5 Å². The van der Waals surface area contributed by atoms with Crippen molar-refractivity contribution in [2.75, 3.05) is 62.3 Å². The quantitative estimate of drug-likeness (QED) is 0.585. The number of pyridine rings is 1. The lowest BCUT2D eigenvalue weighted by atomic mass is 10.0. The summed E-state index contributed by atoms with van der Waals surface area (Å²) in [6.07, 6.45) is 9.63. The first-order valence-electron chi connectivity index (χ1n) is 14.8. The lowest BCUT2D eigenvalue weighted by Crippen LogP contribution is -2.49. The smallest absolute Gasteiger partial charge is 0.253 e. The Morgan fingerprint density at radius 1 is 0.872 bits per heavy atom. The zero-order valence-corrected chi connectivity index (χ0v) is 23.4. The van der Waals surface area contributed by atoms with E-state index >= 15 is 0 Å². The van der Waals surface area contributed by atoms with Gasteiger partial charge in [0.2, 0.25) is 5.91 Å². The van der Waals surface area contributed by atoms with E-state index in [1.807, 2.05) is 46.3 Å². The molecule has 210 valence electrons. The number of amides is 2. The molecule has 3 aliphatic heterocycles. The van der Waals surface area contributed by atoms with Crippen LogP contribution in [0.25, 0.3) is 0 Å². The highest BCUT2D eigenvalue weighted by Gasteiger charge is 2.27. The summed E-state index contributed by atoms with van der Waals surface area (Å²) in [5.74, 6) is 1.09. The van der Waals surface area contributed by atoms with Crippen LogP contribution in [0.3, 0.4) is 0 Å². The molecule has 0 saturated carbocycles. The van der Waals surface area contributed by atoms with Gasteiger partial charge in [0, 0.05) is 82.9 Å². The molecule has 0 N–H and O–H groups in total. The van der Waals surface area contributed by atoms with E-state index in [1.54, 1.807) is 6.92 Å². The maximum Gasteiger partial charge on any atom is 0.253 e. The summed E-state index contributed by atoms with van der Waals surface area (Å²) in [7, 11) is 0. The van der Waals surface area contributed by atoms with E-state index in [0.29, 0.717) is 24.7 Å². The highest BCUT2D eigenvalue weighted by Crippen LogP contribution is 2.29. The van der Waals surface area contributed by atoms with Crippen molar-refractivity contribution >= 4 is 23.3 Å². The van der Waals surface area contributed by atoms with Crippen molar-refractivity contribution in [2.24, 2.45) is 0 Å². The van der Waals surface area contributed by atoms with Crippen LogP contribution in [-0.2, 0) is 16.1 Å². The van der Waals surface area contributed by atoms with Crippen molar-refractivity contribution < 1.29 is 14.3 Å². The minimum Gasteiger partial charge on any atom is -0.381 e. The standard InChI is InChI=1S/C31H43N5O3/c1-25(37)36-16-8-4-2-3-7-15-35(28-12-21-39-22-13-28)24-27-23-26(10-11-29(27)36)31(38)34-19-17-33(18-20-34)30-9-5-6-14-32-30/h5-6,9-11,14,23,28H,2-4,7-8,12-13,15-22,24H2,1H3. The van der Waals surface area contributed by atoms with Crippen LogP contribution in [0.5, 0.6) is 0 Å². The molecular formula is C31H43N5O3. The van der Waals surface area contributed by atoms with Gasteiger partial charge in [0.05, 0.1) is 0 Å². The molecule has 0 radical (unpaired) electrons. The normalized spacial score (nSPS) is 20.6. The van der Waals surface area contributed by atoms with Crippen LogP contribution in [0.15, 0.2) is 42.6 Å². The van der Waals surface area contributed by atoms with Crippen LogP contribution in [0.1, 0.15) is 67.8 Å². The number of anilines is 2. The first-order valence-corrected chi connectivity index (χ1v) is 14.8. The summed E-state index contributed by atoms with van der Waals surface area (Å²) in [6, 6.07) is 12.4. The van der Waals surface area contributed by atoms with Crippen LogP contribution >= 0.6 is 0 Å². The number of piperazine rings is 1. The average molecular weight is 534 g/mol. The van der Waals surface area contributed by atoms with E-state index in [9.17, 15) is 9.59 Å². The summed E-state index contributed by atoms with van der Waals surface area (Å²) in [4.78, 5) is 39.6. The molecule has 2 aromatic rings. The molecule has 0 unspecified atom stereocenters. The molecule has 5 rings (SSSR count). The first kappa shape index (κ1) is 27.6. The summed E-state index contributed by atoms with van der Waals surface area (Å²) in [6.45, 7) is 8.64. The number of hydrogen-bond donors (Lipinski definition) is 0. The number of carbonyl (C=O) groups is 2. The average Bonchev–Trinajstić information content (AvgIpc) is 2.98. The Kier molecular flexibility index (Phi) is 9.48. The molecule has 4 heterocycles. The van der Waals surface area contributed by atoms with Gasteiger partial charge in [-0.15, -0.1) is 0 Å². The van der Waals surface area contributed by atoms with Crippen LogP contribution in [-0.4, -0.2) is 85.1 Å². The summed E-state index contributed by atoms with van der Waals surface area (Å²) >= 11 is 0. The molecule has 2 fully saturated rings. The number of rotatable bonds is 3. The molecule has 0 bridgehead atoms. The second kappa shape index (κ2) is 13.4. The van der Waals surface area contributed by atoms with Gasteiger partial charge >= 0.3 is 0 Å². The number of fused-ring (bicyclic) bond motifs is 1. The van der Waals surface area contributed by atoms with Crippen LogP contribution < -0.4 is 9.80 Å². The number of benzene rings is 1. The monoisotopic (exact) mass is 533 g/mol. The zero-order valence-electron chi connectivity index (χ0n) is 23.4. The molecular weight excluding hydrogens is 490 g/mol. The van der Waals surface area contributed by atoms with Crippen LogP contribution in [0, 0.1) is 0 Å². The molecule has 0 spiro atoms. The van der Waals surface area contributed by atoms with Crippen molar-refractivity contribution in [3.63, 3.8) is 0 Å². The van der Waals surface area contributed by atoms with Crippen molar-refractivity contribution in [1.29, 1.82) is 0 Å². The molecule has 8 nitrogen and oxygen atoms in total. The van der Waals surface area contributed by atoms with Gasteiger partial charge in [-0.25, -0.2) is 4.98 Å². The second-order valence-electron chi connectivity index (χ2n) is 11.1. The maximum atomic E-state index is 13.7. The number of carbonyl (C=O) groups excluding carboxylic acids is 2.